The Morgan fingerprint density at radius 1 is 1.00 bits per heavy atom. The molecule has 8 nitrogen and oxygen atoms in total. The summed E-state index contributed by atoms with van der Waals surface area (Å²) in [5.41, 5.74) is 4.03. The third-order valence-electron chi connectivity index (χ3n) is 5.06. The van der Waals surface area contributed by atoms with E-state index >= 15 is 0 Å². The summed E-state index contributed by atoms with van der Waals surface area (Å²) in [6, 6.07) is 13.4. The van der Waals surface area contributed by atoms with Crippen molar-refractivity contribution < 1.29 is 27.5 Å². The van der Waals surface area contributed by atoms with Crippen LogP contribution in [0.3, 0.4) is 0 Å². The van der Waals surface area contributed by atoms with E-state index in [1.807, 2.05) is 49.6 Å². The van der Waals surface area contributed by atoms with E-state index in [9.17, 15) is 18.0 Å². The van der Waals surface area contributed by atoms with Crippen LogP contribution in [-0.2, 0) is 14.8 Å². The van der Waals surface area contributed by atoms with Crippen molar-refractivity contribution in [2.75, 3.05) is 13.7 Å². The molecule has 0 radical (unpaired) electrons. The number of aromatic nitrogens is 1. The lowest BCUT2D eigenvalue weighted by atomic mass is 10.1. The van der Waals surface area contributed by atoms with E-state index in [0.717, 1.165) is 28.7 Å². The molecule has 0 aliphatic rings. The van der Waals surface area contributed by atoms with Crippen LogP contribution in [0.5, 0.6) is 5.75 Å². The lowest BCUT2D eigenvalue weighted by Gasteiger charge is -2.11. The van der Waals surface area contributed by atoms with E-state index in [1.165, 1.54) is 19.2 Å². The fraction of sp³-hybridized carbons (Fsp3) is 0.217. The van der Waals surface area contributed by atoms with Gasteiger partial charge in [-0.15, -0.1) is 0 Å². The Morgan fingerprint density at radius 2 is 1.66 bits per heavy atom. The van der Waals surface area contributed by atoms with Gasteiger partial charge in [0.15, 0.2) is 6.61 Å². The molecule has 0 fully saturated rings. The minimum atomic E-state index is -4.12. The van der Waals surface area contributed by atoms with E-state index in [-0.39, 0.29) is 22.0 Å². The van der Waals surface area contributed by atoms with Crippen molar-refractivity contribution in [3.63, 3.8) is 0 Å². The topological polar surface area (TPSA) is 118 Å². The molecular weight excluding hydrogens is 432 g/mol. The van der Waals surface area contributed by atoms with Crippen LogP contribution in [0.2, 0.25) is 0 Å². The number of nitrogens with two attached hydrogens (primary N) is 1. The van der Waals surface area contributed by atoms with Crippen molar-refractivity contribution in [3.05, 3.63) is 76.6 Å². The van der Waals surface area contributed by atoms with Gasteiger partial charge in [-0.2, -0.15) is 0 Å². The van der Waals surface area contributed by atoms with Gasteiger partial charge in [-0.1, -0.05) is 17.7 Å². The molecule has 0 unspecified atom stereocenters. The molecule has 3 rings (SSSR count). The maximum atomic E-state index is 12.8. The van der Waals surface area contributed by atoms with Gasteiger partial charge in [-0.3, -0.25) is 4.79 Å². The first-order valence-electron chi connectivity index (χ1n) is 9.70. The molecule has 0 spiro atoms. The van der Waals surface area contributed by atoms with Gasteiger partial charge in [0.05, 0.1) is 12.7 Å². The Morgan fingerprint density at radius 3 is 2.25 bits per heavy atom. The zero-order valence-electron chi connectivity index (χ0n) is 18.2. The summed E-state index contributed by atoms with van der Waals surface area (Å²) in [5.74, 6) is -1.22. The summed E-state index contributed by atoms with van der Waals surface area (Å²) < 4.78 is 35.5. The number of hydrogen-bond donors (Lipinski definition) is 1. The number of hydrogen-bond acceptors (Lipinski definition) is 6. The zero-order valence-corrected chi connectivity index (χ0v) is 19.0. The average Bonchev–Trinajstić information content (AvgIpc) is 3.05. The SMILES string of the molecule is COc1ccc(C(=O)OCC(=O)c2cc(C)n(-c3ccc(C)cc3)c2C)cc1S(N)(=O)=O. The van der Waals surface area contributed by atoms with Crippen LogP contribution in [0.1, 0.15) is 37.7 Å². The molecule has 168 valence electrons. The number of nitrogens with zero attached hydrogens (tertiary/aromatic N) is 1. The van der Waals surface area contributed by atoms with Gasteiger partial charge in [0.2, 0.25) is 15.8 Å². The fourth-order valence-corrected chi connectivity index (χ4v) is 4.18. The highest BCUT2D eigenvalue weighted by Crippen LogP contribution is 2.25. The first-order valence-corrected chi connectivity index (χ1v) is 11.2. The monoisotopic (exact) mass is 456 g/mol. The van der Waals surface area contributed by atoms with Crippen LogP contribution in [0, 0.1) is 20.8 Å². The van der Waals surface area contributed by atoms with E-state index in [0.29, 0.717) is 5.56 Å². The van der Waals surface area contributed by atoms with Gasteiger partial charge < -0.3 is 14.0 Å². The lowest BCUT2D eigenvalue weighted by molar-refractivity contribution is 0.0474. The molecule has 0 bridgehead atoms. The van der Waals surface area contributed by atoms with Gasteiger partial charge in [0, 0.05) is 22.6 Å². The fourth-order valence-electron chi connectivity index (χ4n) is 3.45. The maximum absolute atomic E-state index is 12.8. The minimum absolute atomic E-state index is 0.00340. The van der Waals surface area contributed by atoms with Crippen molar-refractivity contribution in [1.29, 1.82) is 0 Å². The normalized spacial score (nSPS) is 11.3. The van der Waals surface area contributed by atoms with Crippen LogP contribution >= 0.6 is 0 Å². The number of Topliss-reactive ketones (excluding diaryl/α,β-unsaturated/α-hetero) is 1. The molecule has 2 N–H and O–H groups in total. The average molecular weight is 457 g/mol. The quantitative estimate of drug-likeness (QED) is 0.431. The van der Waals surface area contributed by atoms with Crippen LogP contribution in [0.15, 0.2) is 53.4 Å². The Balaban J connectivity index is 1.79. The highest BCUT2D eigenvalue weighted by molar-refractivity contribution is 7.89. The van der Waals surface area contributed by atoms with Crippen molar-refractivity contribution in [2.45, 2.75) is 25.7 Å². The highest BCUT2D eigenvalue weighted by atomic mass is 32.2. The van der Waals surface area contributed by atoms with Crippen LogP contribution in [-0.4, -0.2) is 38.5 Å². The molecule has 0 aliphatic heterocycles. The summed E-state index contributed by atoms with van der Waals surface area (Å²) in [4.78, 5) is 24.8. The molecule has 3 aromatic rings. The molecule has 2 aromatic carbocycles. The van der Waals surface area contributed by atoms with Gasteiger partial charge in [-0.25, -0.2) is 18.4 Å². The maximum Gasteiger partial charge on any atom is 0.338 e. The number of esters is 1. The number of ketones is 1. The Bertz CT molecular complexity index is 1290. The van der Waals surface area contributed by atoms with Crippen molar-refractivity contribution in [3.8, 4) is 11.4 Å². The second-order valence-electron chi connectivity index (χ2n) is 7.37. The number of methoxy groups -OCH3 is 1. The number of ether oxygens (including phenoxy) is 2. The summed E-state index contributed by atoms with van der Waals surface area (Å²) >= 11 is 0. The lowest BCUT2D eigenvalue weighted by Crippen LogP contribution is -2.17. The molecule has 32 heavy (non-hydrogen) atoms. The predicted molar refractivity (Wildman–Crippen MR) is 119 cm³/mol. The van der Waals surface area contributed by atoms with Gasteiger partial charge >= 0.3 is 5.97 Å². The molecule has 0 saturated carbocycles. The molecule has 9 heteroatoms. The van der Waals surface area contributed by atoms with Gasteiger partial charge in [0.1, 0.15) is 10.6 Å². The third-order valence-corrected chi connectivity index (χ3v) is 6.00. The molecular formula is C23H24N2O6S. The third kappa shape index (κ3) is 4.74. The summed E-state index contributed by atoms with van der Waals surface area (Å²) in [5, 5.41) is 5.17. The van der Waals surface area contributed by atoms with Gasteiger partial charge in [-0.05, 0) is 57.2 Å². The number of carbonyl (C=O) groups excluding carboxylic acids is 2. The molecule has 0 saturated heterocycles. The molecule has 1 heterocycles. The van der Waals surface area contributed by atoms with Crippen molar-refractivity contribution in [2.24, 2.45) is 5.14 Å². The Kier molecular flexibility index (Phi) is 6.52. The number of rotatable bonds is 7. The molecule has 0 atom stereocenters. The van der Waals surface area contributed by atoms with Crippen molar-refractivity contribution >= 4 is 21.8 Å². The first-order chi connectivity index (χ1) is 15.0. The highest BCUT2D eigenvalue weighted by Gasteiger charge is 2.21. The molecule has 0 aliphatic carbocycles. The second kappa shape index (κ2) is 8.97. The smallest absolute Gasteiger partial charge is 0.338 e. The summed E-state index contributed by atoms with van der Waals surface area (Å²) in [7, 11) is -2.83. The minimum Gasteiger partial charge on any atom is -0.495 e. The standard InChI is InChI=1S/C23H24N2O6S/c1-14-5-8-18(9-6-14)25-15(2)11-19(16(25)3)20(26)13-31-23(27)17-7-10-21(30-4)22(12-17)32(24,28)29/h5-12H,13H2,1-4H3,(H2,24,28,29). The van der Waals surface area contributed by atoms with Crippen molar-refractivity contribution in [1.82, 2.24) is 4.57 Å². The second-order valence-corrected chi connectivity index (χ2v) is 8.90. The number of aryl methyl sites for hydroxylation is 2. The predicted octanol–water partition coefficient (Wildman–Crippen LogP) is 3.10. The zero-order chi connectivity index (χ0) is 23.6. The van der Waals surface area contributed by atoms with E-state index in [1.54, 1.807) is 6.07 Å². The van der Waals surface area contributed by atoms with Crippen LogP contribution < -0.4 is 9.88 Å². The number of sulfonamides is 1. The van der Waals surface area contributed by atoms with E-state index in [2.05, 4.69) is 0 Å². The first kappa shape index (κ1) is 23.2. The summed E-state index contributed by atoms with van der Waals surface area (Å²) in [6.07, 6.45) is 0. The van der Waals surface area contributed by atoms with Gasteiger partial charge in [0.25, 0.3) is 0 Å². The number of benzene rings is 2. The largest absolute Gasteiger partial charge is 0.495 e. The summed E-state index contributed by atoms with van der Waals surface area (Å²) in [6.45, 7) is 5.22. The molecule has 1 aromatic heterocycles. The van der Waals surface area contributed by atoms with Crippen LogP contribution in [0.4, 0.5) is 0 Å². The van der Waals surface area contributed by atoms with E-state index in [4.69, 9.17) is 14.6 Å². The Hall–Kier alpha value is -3.43. The number of primary sulfonamides is 1. The number of carbonyl (C=O) groups is 2. The molecule has 0 amide bonds. The van der Waals surface area contributed by atoms with E-state index < -0.39 is 22.6 Å². The Labute approximate surface area is 186 Å². The van der Waals surface area contributed by atoms with Crippen LogP contribution in [0.25, 0.3) is 5.69 Å².